The average molecular weight is 399 g/mol. The van der Waals surface area contributed by atoms with Gasteiger partial charge in [-0.15, -0.1) is 0 Å². The van der Waals surface area contributed by atoms with E-state index in [0.29, 0.717) is 35.9 Å². The van der Waals surface area contributed by atoms with Crippen molar-refractivity contribution in [3.05, 3.63) is 65.7 Å². The van der Waals surface area contributed by atoms with Gasteiger partial charge in [0, 0.05) is 26.6 Å². The summed E-state index contributed by atoms with van der Waals surface area (Å²) in [5, 5.41) is 10.3. The number of ether oxygens (including phenoxy) is 1. The molecule has 0 aliphatic carbocycles. The van der Waals surface area contributed by atoms with Crippen LogP contribution in [0.25, 0.3) is 0 Å². The molecular weight excluding hydrogens is 368 g/mol. The molecule has 0 spiro atoms. The average Bonchev–Trinajstić information content (AvgIpc) is 2.75. The van der Waals surface area contributed by atoms with E-state index in [4.69, 9.17) is 4.74 Å². The molecule has 1 N–H and O–H groups in total. The highest BCUT2D eigenvalue weighted by atomic mass is 16.5. The third-order valence-corrected chi connectivity index (χ3v) is 4.63. The molecule has 0 fully saturated rings. The molecule has 2 aromatic carbocycles. The van der Waals surface area contributed by atoms with Crippen LogP contribution in [-0.4, -0.2) is 47.2 Å². The lowest BCUT2D eigenvalue weighted by molar-refractivity contribution is -0.130. The normalized spacial score (nSPS) is 10.4. The lowest BCUT2D eigenvalue weighted by Crippen LogP contribution is -2.27. The Morgan fingerprint density at radius 2 is 1.66 bits per heavy atom. The molecule has 2 amide bonds. The third-order valence-electron chi connectivity index (χ3n) is 4.63. The number of para-hydroxylation sites is 1. The van der Waals surface area contributed by atoms with E-state index >= 15 is 0 Å². The molecule has 2 aromatic rings. The van der Waals surface area contributed by atoms with E-state index in [9.17, 15) is 14.8 Å². The Kier molecular flexibility index (Phi) is 9.18. The molecule has 0 unspecified atom stereocenters. The summed E-state index contributed by atoms with van der Waals surface area (Å²) in [5.74, 6) is 0.118. The summed E-state index contributed by atoms with van der Waals surface area (Å²) < 4.78 is 5.73. The number of carbonyl (C=O) groups is 2. The van der Waals surface area contributed by atoms with Crippen LogP contribution in [0.15, 0.2) is 54.6 Å². The van der Waals surface area contributed by atoms with Crippen molar-refractivity contribution in [3.63, 3.8) is 0 Å². The van der Waals surface area contributed by atoms with Gasteiger partial charge in [-0.2, -0.15) is 0 Å². The van der Waals surface area contributed by atoms with E-state index in [1.165, 1.54) is 0 Å². The molecule has 0 aromatic heterocycles. The molecular formula is C23H30N2O4. The summed E-state index contributed by atoms with van der Waals surface area (Å²) in [6.07, 6.45) is 2.95. The molecule has 2 rings (SSSR count). The van der Waals surface area contributed by atoms with Gasteiger partial charge < -0.3 is 9.64 Å². The first kappa shape index (κ1) is 22.4. The monoisotopic (exact) mass is 398 g/mol. The smallest absolute Gasteiger partial charge is 0.280 e. The van der Waals surface area contributed by atoms with Crippen LogP contribution in [0.4, 0.5) is 0 Å². The fourth-order valence-electron chi connectivity index (χ4n) is 2.93. The summed E-state index contributed by atoms with van der Waals surface area (Å²) >= 11 is 0. The van der Waals surface area contributed by atoms with Crippen LogP contribution in [0.5, 0.6) is 5.75 Å². The van der Waals surface area contributed by atoms with Gasteiger partial charge in [0.2, 0.25) is 5.91 Å². The quantitative estimate of drug-likeness (QED) is 0.351. The topological polar surface area (TPSA) is 70.1 Å². The number of benzene rings is 2. The lowest BCUT2D eigenvalue weighted by atomic mass is 10.1. The van der Waals surface area contributed by atoms with E-state index in [1.807, 2.05) is 37.4 Å². The van der Waals surface area contributed by atoms with Crippen molar-refractivity contribution in [1.29, 1.82) is 0 Å². The fourth-order valence-corrected chi connectivity index (χ4v) is 2.93. The molecule has 0 bridgehead atoms. The zero-order chi connectivity index (χ0) is 21.1. The van der Waals surface area contributed by atoms with Gasteiger partial charge in [-0.1, -0.05) is 42.5 Å². The molecule has 0 aliphatic heterocycles. The van der Waals surface area contributed by atoms with E-state index in [2.05, 4.69) is 0 Å². The number of carbonyl (C=O) groups excluding carboxylic acids is 2. The van der Waals surface area contributed by atoms with Crippen LogP contribution in [0.3, 0.4) is 0 Å². The highest BCUT2D eigenvalue weighted by molar-refractivity contribution is 5.96. The number of hydrogen-bond donors (Lipinski definition) is 1. The zero-order valence-corrected chi connectivity index (χ0v) is 17.2. The third kappa shape index (κ3) is 7.23. The molecule has 0 atom stereocenters. The second-order valence-corrected chi connectivity index (χ2v) is 6.91. The Morgan fingerprint density at radius 1 is 0.966 bits per heavy atom. The fraction of sp³-hybridized carbons (Fsp3) is 0.391. The van der Waals surface area contributed by atoms with Crippen LogP contribution >= 0.6 is 0 Å². The molecule has 0 saturated carbocycles. The summed E-state index contributed by atoms with van der Waals surface area (Å²) in [6, 6.07) is 16.8. The Labute approximate surface area is 172 Å². The van der Waals surface area contributed by atoms with Crippen molar-refractivity contribution in [3.8, 4) is 5.75 Å². The van der Waals surface area contributed by atoms with Crippen LogP contribution in [-0.2, 0) is 11.3 Å². The largest absolute Gasteiger partial charge is 0.493 e. The van der Waals surface area contributed by atoms with E-state index in [-0.39, 0.29) is 12.5 Å². The van der Waals surface area contributed by atoms with E-state index in [1.54, 1.807) is 36.1 Å². The highest BCUT2D eigenvalue weighted by Crippen LogP contribution is 2.20. The number of hydroxylamine groups is 2. The minimum atomic E-state index is -0.477. The zero-order valence-electron chi connectivity index (χ0n) is 17.2. The molecule has 156 valence electrons. The molecule has 0 heterocycles. The maximum atomic E-state index is 12.2. The maximum Gasteiger partial charge on any atom is 0.280 e. The SMILES string of the molecule is CCN(O)C(=O)c1ccccc1OCCCCCC(=O)N(C)Cc1ccccc1. The number of unbranched alkanes of at least 4 members (excludes halogenated alkanes) is 2. The number of nitrogens with zero attached hydrogens (tertiary/aromatic N) is 2. The first-order valence-electron chi connectivity index (χ1n) is 10.0. The summed E-state index contributed by atoms with van der Waals surface area (Å²) in [6.45, 7) is 2.98. The molecule has 29 heavy (non-hydrogen) atoms. The second-order valence-electron chi connectivity index (χ2n) is 6.91. The van der Waals surface area contributed by atoms with Crippen molar-refractivity contribution in [2.75, 3.05) is 20.2 Å². The van der Waals surface area contributed by atoms with Crippen LogP contribution < -0.4 is 4.74 Å². The number of hydrogen-bond acceptors (Lipinski definition) is 4. The van der Waals surface area contributed by atoms with Gasteiger partial charge in [-0.25, -0.2) is 5.06 Å². The van der Waals surface area contributed by atoms with Gasteiger partial charge >= 0.3 is 0 Å². The van der Waals surface area contributed by atoms with Gasteiger partial charge in [0.05, 0.1) is 12.2 Å². The molecule has 6 heteroatoms. The number of rotatable bonds is 11. The Bertz CT molecular complexity index is 779. The van der Waals surface area contributed by atoms with Crippen LogP contribution in [0.2, 0.25) is 0 Å². The van der Waals surface area contributed by atoms with Gasteiger partial charge in [0.25, 0.3) is 5.91 Å². The Balaban J connectivity index is 1.68. The van der Waals surface area contributed by atoms with Crippen molar-refractivity contribution in [2.24, 2.45) is 0 Å². The van der Waals surface area contributed by atoms with Gasteiger partial charge in [0.1, 0.15) is 5.75 Å². The predicted molar refractivity (Wildman–Crippen MR) is 112 cm³/mol. The molecule has 0 aliphatic rings. The van der Waals surface area contributed by atoms with Crippen molar-refractivity contribution >= 4 is 11.8 Å². The minimum Gasteiger partial charge on any atom is -0.493 e. The van der Waals surface area contributed by atoms with Crippen molar-refractivity contribution < 1.29 is 19.5 Å². The van der Waals surface area contributed by atoms with Gasteiger partial charge in [0.15, 0.2) is 0 Å². The molecule has 0 radical (unpaired) electrons. The van der Waals surface area contributed by atoms with Gasteiger partial charge in [-0.05, 0) is 43.9 Å². The summed E-state index contributed by atoms with van der Waals surface area (Å²) in [5.41, 5.74) is 1.46. The maximum absolute atomic E-state index is 12.2. The first-order chi connectivity index (χ1) is 14.0. The van der Waals surface area contributed by atoms with Crippen LogP contribution in [0.1, 0.15) is 48.5 Å². The first-order valence-corrected chi connectivity index (χ1v) is 10.0. The predicted octanol–water partition coefficient (Wildman–Crippen LogP) is 4.14. The van der Waals surface area contributed by atoms with Crippen molar-refractivity contribution in [2.45, 2.75) is 39.2 Å². The Hall–Kier alpha value is -2.86. The standard InChI is InChI=1S/C23H30N2O4/c1-3-25(28)23(27)20-14-9-10-15-21(20)29-17-11-5-8-16-22(26)24(2)18-19-12-6-4-7-13-19/h4,6-7,9-10,12-15,28H,3,5,8,11,16-18H2,1-2H3. The highest BCUT2D eigenvalue weighted by Gasteiger charge is 2.16. The Morgan fingerprint density at radius 3 is 2.38 bits per heavy atom. The van der Waals surface area contributed by atoms with Crippen molar-refractivity contribution in [1.82, 2.24) is 9.96 Å². The summed E-state index contributed by atoms with van der Waals surface area (Å²) in [7, 11) is 1.83. The molecule has 0 saturated heterocycles. The second kappa shape index (κ2) is 11.9. The van der Waals surface area contributed by atoms with E-state index in [0.717, 1.165) is 24.8 Å². The van der Waals surface area contributed by atoms with E-state index < -0.39 is 5.91 Å². The van der Waals surface area contributed by atoms with Crippen LogP contribution in [0, 0.1) is 0 Å². The van der Waals surface area contributed by atoms with Gasteiger partial charge in [-0.3, -0.25) is 14.8 Å². The lowest BCUT2D eigenvalue weighted by Gasteiger charge is -2.17. The number of amides is 2. The molecule has 6 nitrogen and oxygen atoms in total. The minimum absolute atomic E-state index is 0.133. The summed E-state index contributed by atoms with van der Waals surface area (Å²) in [4.78, 5) is 26.1.